The van der Waals surface area contributed by atoms with Crippen LogP contribution in [0.1, 0.15) is 24.9 Å². The van der Waals surface area contributed by atoms with Crippen LogP contribution >= 0.6 is 11.6 Å². The van der Waals surface area contributed by atoms with Gasteiger partial charge in [-0.25, -0.2) is 9.18 Å². The van der Waals surface area contributed by atoms with Crippen LogP contribution in [0.5, 0.6) is 0 Å². The second-order valence-electron chi connectivity index (χ2n) is 4.43. The molecule has 110 valence electrons. The summed E-state index contributed by atoms with van der Waals surface area (Å²) < 4.78 is 18.8. The Morgan fingerprint density at radius 3 is 2.95 bits per heavy atom. The number of carbonyl (C=O) groups excluding carboxylic acids is 1. The number of allylic oxidation sites excluding steroid dienone is 1. The number of hydrogen-bond acceptors (Lipinski definition) is 4. The Bertz CT molecular complexity index is 654. The monoisotopic (exact) mass is 311 g/mol. The van der Waals surface area contributed by atoms with Gasteiger partial charge in [0.1, 0.15) is 11.5 Å². The fraction of sp³-hybridized carbons (Fsp3) is 0.286. The Balaban J connectivity index is 2.33. The van der Waals surface area contributed by atoms with E-state index in [2.05, 4.69) is 10.2 Å². The third-order valence-electron chi connectivity index (χ3n) is 3.00. The summed E-state index contributed by atoms with van der Waals surface area (Å²) in [5, 5.41) is 3.13. The topological polar surface area (TPSA) is 69.5 Å². The zero-order chi connectivity index (χ0) is 15.4. The predicted molar refractivity (Wildman–Crippen MR) is 77.1 cm³/mol. The van der Waals surface area contributed by atoms with Gasteiger partial charge in [-0.3, -0.25) is 0 Å². The lowest BCUT2D eigenvalue weighted by molar-refractivity contribution is -0.139. The van der Waals surface area contributed by atoms with Crippen LogP contribution in [0.15, 0.2) is 30.0 Å². The smallest absolute Gasteiger partial charge is 0.377 e. The molecule has 0 amide bonds. The average Bonchev–Trinajstić information content (AvgIpc) is 2.47. The SMILES string of the molecule is CCOC(=O)C1=CC(=[N+]=O)CC(c2ccc(Cl)cc2F)N1. The van der Waals surface area contributed by atoms with Gasteiger partial charge in [-0.15, -0.1) is 0 Å². The molecule has 0 spiro atoms. The van der Waals surface area contributed by atoms with Gasteiger partial charge < -0.3 is 10.1 Å². The quantitative estimate of drug-likeness (QED) is 0.686. The van der Waals surface area contributed by atoms with Gasteiger partial charge in [0.25, 0.3) is 0 Å². The number of carbonyl (C=O) groups is 1. The third-order valence-corrected chi connectivity index (χ3v) is 3.24. The molecule has 0 radical (unpaired) electrons. The lowest BCUT2D eigenvalue weighted by atomic mass is 9.96. The van der Waals surface area contributed by atoms with Crippen LogP contribution in [-0.4, -0.2) is 18.3 Å². The highest BCUT2D eigenvalue weighted by atomic mass is 35.5. The van der Waals surface area contributed by atoms with Gasteiger partial charge in [0.15, 0.2) is 4.91 Å². The number of nitroso groups, excluding NO2 is 1. The highest BCUT2D eigenvalue weighted by Gasteiger charge is 2.31. The molecule has 5 nitrogen and oxygen atoms in total. The minimum atomic E-state index is -0.613. The summed E-state index contributed by atoms with van der Waals surface area (Å²) in [6, 6.07) is 3.64. The molecule has 1 unspecified atom stereocenters. The number of benzene rings is 1. The molecule has 1 heterocycles. The van der Waals surface area contributed by atoms with Gasteiger partial charge in [-0.1, -0.05) is 17.7 Å². The molecular weight excluding hydrogens is 299 g/mol. The largest absolute Gasteiger partial charge is 0.461 e. The molecule has 0 saturated carbocycles. The van der Waals surface area contributed by atoms with Crippen molar-refractivity contribution in [3.63, 3.8) is 0 Å². The van der Waals surface area contributed by atoms with Gasteiger partial charge in [-0.05, 0) is 19.1 Å². The minimum Gasteiger partial charge on any atom is -0.461 e. The summed E-state index contributed by atoms with van der Waals surface area (Å²) in [4.78, 5) is 25.4. The van der Waals surface area contributed by atoms with E-state index in [4.69, 9.17) is 16.3 Å². The number of nitrogens with zero attached hydrogens (tertiary/aromatic N) is 1. The first kappa shape index (κ1) is 15.2. The lowest BCUT2D eigenvalue weighted by Crippen LogP contribution is -2.33. The number of hydrogen-bond donors (Lipinski definition) is 1. The Kier molecular flexibility index (Phi) is 4.73. The van der Waals surface area contributed by atoms with Crippen molar-refractivity contribution in [3.8, 4) is 0 Å². The highest BCUT2D eigenvalue weighted by Crippen LogP contribution is 2.27. The molecule has 7 heteroatoms. The number of halogens is 2. The van der Waals surface area contributed by atoms with E-state index in [9.17, 15) is 14.1 Å². The molecule has 1 aromatic carbocycles. The molecule has 21 heavy (non-hydrogen) atoms. The molecule has 0 aromatic heterocycles. The molecular formula is C14H13ClFN2O3+. The number of nitrogens with one attached hydrogen (secondary N) is 1. The molecule has 0 aliphatic carbocycles. The maximum Gasteiger partial charge on any atom is 0.377 e. The Hall–Kier alpha value is -2.17. The van der Waals surface area contributed by atoms with Gasteiger partial charge in [-0.2, -0.15) is 0 Å². The van der Waals surface area contributed by atoms with Gasteiger partial charge in [0.05, 0.1) is 25.1 Å². The van der Waals surface area contributed by atoms with E-state index >= 15 is 0 Å². The molecule has 0 bridgehead atoms. The van der Waals surface area contributed by atoms with Crippen molar-refractivity contribution in [2.24, 2.45) is 0 Å². The van der Waals surface area contributed by atoms with E-state index in [1.807, 2.05) is 0 Å². The summed E-state index contributed by atoms with van der Waals surface area (Å²) >= 11 is 5.71. The minimum absolute atomic E-state index is 0.0806. The molecule has 1 aliphatic heterocycles. The Morgan fingerprint density at radius 1 is 1.57 bits per heavy atom. The second kappa shape index (κ2) is 6.52. The average molecular weight is 312 g/mol. The Morgan fingerprint density at radius 2 is 2.33 bits per heavy atom. The van der Waals surface area contributed by atoms with Gasteiger partial charge in [0.2, 0.25) is 4.85 Å². The molecule has 1 N–H and O–H groups in total. The van der Waals surface area contributed by atoms with E-state index in [0.29, 0.717) is 5.56 Å². The molecule has 0 saturated heterocycles. The summed E-state index contributed by atoms with van der Waals surface area (Å²) in [5.74, 6) is -1.13. The first-order chi connectivity index (χ1) is 10.0. The van der Waals surface area contributed by atoms with Crippen LogP contribution in [0.4, 0.5) is 4.39 Å². The number of rotatable bonds is 3. The maximum absolute atomic E-state index is 14.0. The summed E-state index contributed by atoms with van der Waals surface area (Å²) in [6.07, 6.45) is 1.49. The van der Waals surface area contributed by atoms with E-state index < -0.39 is 17.8 Å². The highest BCUT2D eigenvalue weighted by molar-refractivity contribution is 6.30. The molecule has 1 atom stereocenters. The zero-order valence-corrected chi connectivity index (χ0v) is 12.0. The van der Waals surface area contributed by atoms with Crippen LogP contribution < -0.4 is 10.2 Å². The van der Waals surface area contributed by atoms with Crippen molar-refractivity contribution >= 4 is 23.3 Å². The number of ether oxygens (including phenoxy) is 1. The summed E-state index contributed by atoms with van der Waals surface area (Å²) in [6.45, 7) is 1.86. The summed E-state index contributed by atoms with van der Waals surface area (Å²) in [5.41, 5.74) is 0.531. The first-order valence-corrected chi connectivity index (χ1v) is 6.72. The van der Waals surface area contributed by atoms with Crippen molar-refractivity contribution in [3.05, 3.63) is 51.3 Å². The number of esters is 1. The fourth-order valence-electron chi connectivity index (χ4n) is 2.08. The Labute approximate surface area is 125 Å². The standard InChI is InChI=1S/C14H12ClFN2O3/c1-2-21-14(19)13-7-9(18-20)6-12(17-13)10-4-3-8(15)5-11(10)16/h3-5,7,12H,2,6H2,1H3/p+1. The molecule has 1 aliphatic rings. The van der Waals surface area contributed by atoms with Crippen LogP contribution in [0.25, 0.3) is 0 Å². The zero-order valence-electron chi connectivity index (χ0n) is 11.2. The normalized spacial score (nSPS) is 17.6. The molecule has 0 fully saturated rings. The van der Waals surface area contributed by atoms with Crippen molar-refractivity contribution < 1.29 is 13.9 Å². The van der Waals surface area contributed by atoms with Crippen LogP contribution in [0.3, 0.4) is 0 Å². The van der Waals surface area contributed by atoms with Gasteiger partial charge in [0, 0.05) is 10.6 Å². The van der Waals surface area contributed by atoms with E-state index in [-0.39, 0.29) is 29.5 Å². The summed E-state index contributed by atoms with van der Waals surface area (Å²) in [7, 11) is 0. The van der Waals surface area contributed by atoms with Gasteiger partial charge >= 0.3 is 11.7 Å². The molecule has 2 rings (SSSR count). The predicted octanol–water partition coefficient (Wildman–Crippen LogP) is 2.24. The van der Waals surface area contributed by atoms with Crippen molar-refractivity contribution in [1.29, 1.82) is 0 Å². The fourth-order valence-corrected chi connectivity index (χ4v) is 2.24. The lowest BCUT2D eigenvalue weighted by Gasteiger charge is -2.22. The van der Waals surface area contributed by atoms with E-state index in [1.54, 1.807) is 6.92 Å². The van der Waals surface area contributed by atoms with Crippen molar-refractivity contribution in [1.82, 2.24) is 10.2 Å². The third kappa shape index (κ3) is 3.48. The van der Waals surface area contributed by atoms with Crippen molar-refractivity contribution in [2.45, 2.75) is 19.4 Å². The van der Waals surface area contributed by atoms with Crippen LogP contribution in [0.2, 0.25) is 5.02 Å². The maximum atomic E-state index is 14.0. The van der Waals surface area contributed by atoms with E-state index in [1.165, 1.54) is 24.3 Å². The van der Waals surface area contributed by atoms with E-state index in [0.717, 1.165) is 0 Å². The molecule has 1 aromatic rings. The second-order valence-corrected chi connectivity index (χ2v) is 4.86. The van der Waals surface area contributed by atoms with Crippen molar-refractivity contribution in [2.75, 3.05) is 6.61 Å². The van der Waals surface area contributed by atoms with Crippen LogP contribution in [-0.2, 0) is 9.53 Å². The van der Waals surface area contributed by atoms with Crippen LogP contribution in [0, 0.1) is 10.7 Å². The first-order valence-electron chi connectivity index (χ1n) is 6.34.